The van der Waals surface area contributed by atoms with Gasteiger partial charge in [0.1, 0.15) is 0 Å². The second-order valence-corrected chi connectivity index (χ2v) is 2.94. The van der Waals surface area contributed by atoms with Crippen molar-refractivity contribution in [2.45, 2.75) is 0 Å². The number of carbonyl (C=O) groups excluding carboxylic acids is 2. The normalized spacial score (nSPS) is 9.29. The molecule has 1 rings (SSSR count). The van der Waals surface area contributed by atoms with Crippen molar-refractivity contribution in [1.82, 2.24) is 5.32 Å². The van der Waals surface area contributed by atoms with Crippen molar-refractivity contribution in [3.05, 3.63) is 28.8 Å². The molecule has 0 spiro atoms. The van der Waals surface area contributed by atoms with Crippen LogP contribution in [0.3, 0.4) is 0 Å². The van der Waals surface area contributed by atoms with Crippen LogP contribution in [-0.4, -0.2) is 19.4 Å². The standard InChI is InChI=1S/C9H9ClN2O2/c1-11-9(14)7-3-2-6(12-5-13)4-8(7)10/h2-5H,1H3,(H,11,14)(H,12,13). The van der Waals surface area contributed by atoms with E-state index in [1.807, 2.05) is 0 Å². The Hall–Kier alpha value is -1.55. The van der Waals surface area contributed by atoms with Gasteiger partial charge in [0.15, 0.2) is 0 Å². The summed E-state index contributed by atoms with van der Waals surface area (Å²) in [7, 11) is 1.52. The fourth-order valence-electron chi connectivity index (χ4n) is 0.992. The van der Waals surface area contributed by atoms with Crippen molar-refractivity contribution < 1.29 is 9.59 Å². The van der Waals surface area contributed by atoms with Crippen LogP contribution in [0.1, 0.15) is 10.4 Å². The Labute approximate surface area is 86.3 Å². The van der Waals surface area contributed by atoms with E-state index in [-0.39, 0.29) is 5.91 Å². The predicted molar refractivity (Wildman–Crippen MR) is 54.5 cm³/mol. The second kappa shape index (κ2) is 4.62. The minimum atomic E-state index is -0.257. The third-order valence-corrected chi connectivity index (χ3v) is 1.98. The van der Waals surface area contributed by atoms with E-state index < -0.39 is 0 Å². The molecule has 0 bridgehead atoms. The van der Waals surface area contributed by atoms with Gasteiger partial charge in [0, 0.05) is 12.7 Å². The lowest BCUT2D eigenvalue weighted by atomic mass is 10.2. The first-order valence-corrected chi connectivity index (χ1v) is 4.28. The molecule has 74 valence electrons. The largest absolute Gasteiger partial charge is 0.355 e. The lowest BCUT2D eigenvalue weighted by Crippen LogP contribution is -2.18. The van der Waals surface area contributed by atoms with Crippen LogP contribution in [0.2, 0.25) is 5.02 Å². The van der Waals surface area contributed by atoms with Crippen LogP contribution in [0.25, 0.3) is 0 Å². The molecule has 0 aliphatic rings. The van der Waals surface area contributed by atoms with Gasteiger partial charge in [0.2, 0.25) is 6.41 Å². The summed E-state index contributed by atoms with van der Waals surface area (Å²) in [4.78, 5) is 21.3. The maximum absolute atomic E-state index is 11.2. The first-order chi connectivity index (χ1) is 6.69. The van der Waals surface area contributed by atoms with Gasteiger partial charge in [0.25, 0.3) is 5.91 Å². The fraction of sp³-hybridized carbons (Fsp3) is 0.111. The van der Waals surface area contributed by atoms with E-state index in [1.165, 1.54) is 13.1 Å². The predicted octanol–water partition coefficient (Wildman–Crippen LogP) is 1.27. The quantitative estimate of drug-likeness (QED) is 0.742. The van der Waals surface area contributed by atoms with Gasteiger partial charge in [-0.1, -0.05) is 11.6 Å². The molecular formula is C9H9ClN2O2. The SMILES string of the molecule is CNC(=O)c1ccc(NC=O)cc1Cl. The fourth-order valence-corrected chi connectivity index (χ4v) is 1.26. The third-order valence-electron chi connectivity index (χ3n) is 1.67. The maximum atomic E-state index is 11.2. The summed E-state index contributed by atoms with van der Waals surface area (Å²) in [6.45, 7) is 0. The highest BCUT2D eigenvalue weighted by Gasteiger charge is 2.08. The van der Waals surface area contributed by atoms with Gasteiger partial charge >= 0.3 is 0 Å². The highest BCUT2D eigenvalue weighted by molar-refractivity contribution is 6.34. The number of nitrogens with one attached hydrogen (secondary N) is 2. The summed E-state index contributed by atoms with van der Waals surface area (Å²) in [6.07, 6.45) is 0.547. The monoisotopic (exact) mass is 212 g/mol. The van der Waals surface area contributed by atoms with E-state index in [1.54, 1.807) is 12.1 Å². The van der Waals surface area contributed by atoms with Crippen LogP contribution in [0.5, 0.6) is 0 Å². The zero-order valence-electron chi connectivity index (χ0n) is 7.50. The van der Waals surface area contributed by atoms with Crippen molar-refractivity contribution in [2.24, 2.45) is 0 Å². The smallest absolute Gasteiger partial charge is 0.252 e. The van der Waals surface area contributed by atoms with Gasteiger partial charge in [0.05, 0.1) is 10.6 Å². The van der Waals surface area contributed by atoms with E-state index in [0.717, 1.165) is 0 Å². The number of hydrogen-bond donors (Lipinski definition) is 2. The van der Waals surface area contributed by atoms with Gasteiger partial charge in [-0.25, -0.2) is 0 Å². The van der Waals surface area contributed by atoms with Crippen LogP contribution in [0.4, 0.5) is 5.69 Å². The van der Waals surface area contributed by atoms with Crippen molar-refractivity contribution in [2.75, 3.05) is 12.4 Å². The second-order valence-electron chi connectivity index (χ2n) is 2.54. The molecule has 0 atom stereocenters. The molecule has 0 heterocycles. The van der Waals surface area contributed by atoms with Crippen molar-refractivity contribution in [3.8, 4) is 0 Å². The van der Waals surface area contributed by atoms with Crippen LogP contribution < -0.4 is 10.6 Å². The van der Waals surface area contributed by atoms with Crippen molar-refractivity contribution in [3.63, 3.8) is 0 Å². The molecule has 0 saturated heterocycles. The van der Waals surface area contributed by atoms with Crippen molar-refractivity contribution in [1.29, 1.82) is 0 Å². The third kappa shape index (κ3) is 2.23. The van der Waals surface area contributed by atoms with E-state index in [9.17, 15) is 9.59 Å². The van der Waals surface area contributed by atoms with E-state index in [0.29, 0.717) is 22.7 Å². The molecule has 2 amide bonds. The molecule has 0 aromatic heterocycles. The lowest BCUT2D eigenvalue weighted by Gasteiger charge is -2.04. The zero-order valence-corrected chi connectivity index (χ0v) is 8.26. The summed E-state index contributed by atoms with van der Waals surface area (Å²) in [5.74, 6) is -0.257. The Balaban J connectivity index is 3.00. The van der Waals surface area contributed by atoms with Crippen LogP contribution in [0, 0.1) is 0 Å². The topological polar surface area (TPSA) is 58.2 Å². The Morgan fingerprint density at radius 2 is 2.21 bits per heavy atom. The Bertz CT molecular complexity index is 366. The first kappa shape index (κ1) is 10.5. The summed E-state index contributed by atoms with van der Waals surface area (Å²) in [6, 6.07) is 4.67. The first-order valence-electron chi connectivity index (χ1n) is 3.91. The minimum Gasteiger partial charge on any atom is -0.355 e. The van der Waals surface area contributed by atoms with Gasteiger partial charge in [-0.15, -0.1) is 0 Å². The molecule has 0 aliphatic heterocycles. The average Bonchev–Trinajstić information content (AvgIpc) is 2.17. The van der Waals surface area contributed by atoms with E-state index in [2.05, 4.69) is 10.6 Å². The summed E-state index contributed by atoms with van der Waals surface area (Å²) in [5, 5.41) is 5.20. The number of amides is 2. The number of benzene rings is 1. The number of halogens is 1. The Kier molecular flexibility index (Phi) is 3.48. The number of anilines is 1. The van der Waals surface area contributed by atoms with Gasteiger partial charge < -0.3 is 10.6 Å². The minimum absolute atomic E-state index is 0.257. The van der Waals surface area contributed by atoms with E-state index >= 15 is 0 Å². The molecule has 1 aromatic rings. The summed E-state index contributed by atoms with van der Waals surface area (Å²) < 4.78 is 0. The molecule has 0 radical (unpaired) electrons. The highest BCUT2D eigenvalue weighted by Crippen LogP contribution is 2.20. The molecule has 14 heavy (non-hydrogen) atoms. The van der Waals surface area contributed by atoms with Gasteiger partial charge in [-0.3, -0.25) is 9.59 Å². The molecule has 1 aromatic carbocycles. The van der Waals surface area contributed by atoms with E-state index in [4.69, 9.17) is 11.6 Å². The maximum Gasteiger partial charge on any atom is 0.252 e. The van der Waals surface area contributed by atoms with Crippen LogP contribution in [-0.2, 0) is 4.79 Å². The molecule has 0 aliphatic carbocycles. The number of hydrogen-bond acceptors (Lipinski definition) is 2. The lowest BCUT2D eigenvalue weighted by molar-refractivity contribution is -0.105. The zero-order chi connectivity index (χ0) is 10.6. The number of rotatable bonds is 3. The van der Waals surface area contributed by atoms with Gasteiger partial charge in [-0.05, 0) is 18.2 Å². The van der Waals surface area contributed by atoms with Gasteiger partial charge in [-0.2, -0.15) is 0 Å². The summed E-state index contributed by atoms with van der Waals surface area (Å²) >= 11 is 5.82. The average molecular weight is 213 g/mol. The molecule has 5 heteroatoms. The molecule has 2 N–H and O–H groups in total. The highest BCUT2D eigenvalue weighted by atomic mass is 35.5. The molecule has 0 saturated carbocycles. The van der Waals surface area contributed by atoms with Crippen molar-refractivity contribution >= 4 is 29.6 Å². The van der Waals surface area contributed by atoms with Crippen LogP contribution in [0.15, 0.2) is 18.2 Å². The Morgan fingerprint density at radius 3 is 2.71 bits per heavy atom. The molecule has 0 unspecified atom stereocenters. The molecule has 4 nitrogen and oxygen atoms in total. The van der Waals surface area contributed by atoms with Crippen LogP contribution >= 0.6 is 11.6 Å². The molecule has 0 fully saturated rings. The summed E-state index contributed by atoms with van der Waals surface area (Å²) in [5.41, 5.74) is 0.934. The number of carbonyl (C=O) groups is 2. The Morgan fingerprint density at radius 1 is 1.50 bits per heavy atom. The molecular weight excluding hydrogens is 204 g/mol.